The lowest BCUT2D eigenvalue weighted by Crippen LogP contribution is -2.17. The normalized spacial score (nSPS) is 15.8. The average molecular weight is 628 g/mol. The Bertz CT molecular complexity index is 2230. The summed E-state index contributed by atoms with van der Waals surface area (Å²) in [7, 11) is 0. The van der Waals surface area contributed by atoms with Gasteiger partial charge in [0.15, 0.2) is 0 Å². The summed E-state index contributed by atoms with van der Waals surface area (Å²) in [5.41, 5.74) is 18.9. The fourth-order valence-corrected chi connectivity index (χ4v) is 8.77. The number of rotatable bonds is 2. The van der Waals surface area contributed by atoms with E-state index in [0.717, 1.165) is 11.4 Å². The molecule has 0 amide bonds. The lowest BCUT2D eigenvalue weighted by Gasteiger charge is -2.24. The molecule has 1 N–H and O–H groups in total. The number of hydrogen-bond acceptors (Lipinski definition) is 1. The Morgan fingerprint density at radius 1 is 0.375 bits per heavy atom. The fourth-order valence-electron chi connectivity index (χ4n) is 8.77. The first kappa shape index (κ1) is 32.0. The highest BCUT2D eigenvalue weighted by Gasteiger charge is 2.42. The second kappa shape index (κ2) is 11.2. The third kappa shape index (κ3) is 4.36. The highest BCUT2D eigenvalue weighted by atomic mass is 14.9. The van der Waals surface area contributed by atoms with Gasteiger partial charge < -0.3 is 5.32 Å². The zero-order chi connectivity index (χ0) is 34.2. The molecule has 0 bridgehead atoms. The SMILES string of the molecule is CC.CC.CC1(C)c2ccccc2-c2cc(Nc3ccc4c(c3)C(C)(C)c3cc5c(cc3-4)C(C)(C)c3ccc4ccccc4c3-5)ccc21. The number of benzene rings is 6. The van der Waals surface area contributed by atoms with Gasteiger partial charge in [0, 0.05) is 27.6 Å². The summed E-state index contributed by atoms with van der Waals surface area (Å²) in [5.74, 6) is 0. The molecule has 6 aromatic rings. The summed E-state index contributed by atoms with van der Waals surface area (Å²) in [5, 5.41) is 6.45. The molecular weight excluding hydrogens is 579 g/mol. The van der Waals surface area contributed by atoms with Crippen LogP contribution in [0.25, 0.3) is 44.2 Å². The van der Waals surface area contributed by atoms with Crippen LogP contribution in [0.15, 0.2) is 109 Å². The van der Waals surface area contributed by atoms with Crippen LogP contribution in [0, 0.1) is 0 Å². The molecule has 0 radical (unpaired) electrons. The van der Waals surface area contributed by atoms with Crippen molar-refractivity contribution in [2.75, 3.05) is 5.32 Å². The maximum atomic E-state index is 3.78. The van der Waals surface area contributed by atoms with E-state index in [9.17, 15) is 0 Å². The van der Waals surface area contributed by atoms with Crippen LogP contribution in [0.2, 0.25) is 0 Å². The van der Waals surface area contributed by atoms with Crippen LogP contribution >= 0.6 is 0 Å². The van der Waals surface area contributed by atoms with Gasteiger partial charge in [0.05, 0.1) is 0 Å². The summed E-state index contributed by atoms with van der Waals surface area (Å²) in [6.07, 6.45) is 0. The molecule has 0 fully saturated rings. The van der Waals surface area contributed by atoms with Gasteiger partial charge in [-0.3, -0.25) is 0 Å². The standard InChI is InChI=1S/C43H37N.2C2H6/c1-41(2)34-14-10-9-13-29(34)31-21-26(17-20-35(31)41)44-27-16-18-30-32-23-39-33(24-38(32)43(5,6)37(30)22-27)40-28-12-8-7-11-25(28)15-19-36(40)42(39,3)4;2*1-2/h7-24,44H,1-6H3;2*1-2H3. The van der Waals surface area contributed by atoms with Crippen LogP contribution in [-0.2, 0) is 16.2 Å². The topological polar surface area (TPSA) is 12.0 Å². The molecule has 3 aliphatic carbocycles. The Kier molecular flexibility index (Phi) is 7.48. The van der Waals surface area contributed by atoms with Crippen molar-refractivity contribution in [1.82, 2.24) is 0 Å². The molecule has 1 nitrogen and oxygen atoms in total. The van der Waals surface area contributed by atoms with E-state index in [1.54, 1.807) is 0 Å². The smallest absolute Gasteiger partial charge is 0.0390 e. The fraction of sp³-hybridized carbons (Fsp3) is 0.277. The van der Waals surface area contributed by atoms with Crippen LogP contribution in [0.1, 0.15) is 103 Å². The minimum atomic E-state index is -0.101. The zero-order valence-corrected chi connectivity index (χ0v) is 30.4. The first-order valence-corrected chi connectivity index (χ1v) is 17.9. The van der Waals surface area contributed by atoms with Crippen molar-refractivity contribution in [2.24, 2.45) is 0 Å². The molecule has 6 aromatic carbocycles. The first-order valence-electron chi connectivity index (χ1n) is 17.9. The second-order valence-corrected chi connectivity index (χ2v) is 14.7. The molecule has 0 unspecified atom stereocenters. The summed E-state index contributed by atoms with van der Waals surface area (Å²) in [6, 6.07) is 41.3. The minimum absolute atomic E-state index is 0.0233. The molecule has 0 atom stereocenters. The zero-order valence-electron chi connectivity index (χ0n) is 30.4. The lowest BCUT2D eigenvalue weighted by molar-refractivity contribution is 0.652. The average Bonchev–Trinajstić information content (AvgIpc) is 3.58. The van der Waals surface area contributed by atoms with Crippen molar-refractivity contribution in [3.8, 4) is 33.4 Å². The van der Waals surface area contributed by atoms with Gasteiger partial charge in [-0.25, -0.2) is 0 Å². The molecule has 0 heterocycles. The molecule has 3 aliphatic rings. The number of fused-ring (bicyclic) bond motifs is 11. The number of nitrogens with one attached hydrogen (secondary N) is 1. The van der Waals surface area contributed by atoms with Gasteiger partial charge in [-0.2, -0.15) is 0 Å². The van der Waals surface area contributed by atoms with Crippen molar-refractivity contribution in [3.05, 3.63) is 143 Å². The van der Waals surface area contributed by atoms with Gasteiger partial charge in [0.2, 0.25) is 0 Å². The molecule has 0 aromatic heterocycles. The Morgan fingerprint density at radius 3 is 1.67 bits per heavy atom. The van der Waals surface area contributed by atoms with Crippen molar-refractivity contribution in [1.29, 1.82) is 0 Å². The molecule has 0 saturated carbocycles. The van der Waals surface area contributed by atoms with Gasteiger partial charge in [0.25, 0.3) is 0 Å². The summed E-state index contributed by atoms with van der Waals surface area (Å²) in [4.78, 5) is 0. The minimum Gasteiger partial charge on any atom is -0.355 e. The Hall–Kier alpha value is -4.62. The molecular formula is C47H49N. The summed E-state index contributed by atoms with van der Waals surface area (Å²) in [6.45, 7) is 22.2. The highest BCUT2D eigenvalue weighted by Crippen LogP contribution is 2.57. The maximum Gasteiger partial charge on any atom is 0.0390 e. The summed E-state index contributed by atoms with van der Waals surface area (Å²) < 4.78 is 0. The van der Waals surface area contributed by atoms with Gasteiger partial charge >= 0.3 is 0 Å². The van der Waals surface area contributed by atoms with Crippen LogP contribution in [0.4, 0.5) is 11.4 Å². The molecule has 1 heteroatoms. The van der Waals surface area contributed by atoms with E-state index in [4.69, 9.17) is 0 Å². The molecule has 0 spiro atoms. The van der Waals surface area contributed by atoms with Crippen molar-refractivity contribution in [2.45, 2.75) is 85.5 Å². The van der Waals surface area contributed by atoms with Crippen LogP contribution < -0.4 is 5.32 Å². The van der Waals surface area contributed by atoms with Gasteiger partial charge in [-0.15, -0.1) is 0 Å². The van der Waals surface area contributed by atoms with E-state index in [1.807, 2.05) is 27.7 Å². The van der Waals surface area contributed by atoms with Crippen molar-refractivity contribution in [3.63, 3.8) is 0 Å². The first-order chi connectivity index (χ1) is 23.1. The van der Waals surface area contributed by atoms with Crippen LogP contribution in [0.3, 0.4) is 0 Å². The van der Waals surface area contributed by atoms with E-state index in [1.165, 1.54) is 77.5 Å². The van der Waals surface area contributed by atoms with Crippen molar-refractivity contribution < 1.29 is 0 Å². The highest BCUT2D eigenvalue weighted by molar-refractivity contribution is 6.03. The Morgan fingerprint density at radius 2 is 0.875 bits per heavy atom. The van der Waals surface area contributed by atoms with Crippen LogP contribution in [0.5, 0.6) is 0 Å². The number of anilines is 2. The largest absolute Gasteiger partial charge is 0.355 e. The van der Waals surface area contributed by atoms with Crippen molar-refractivity contribution >= 4 is 22.1 Å². The monoisotopic (exact) mass is 627 g/mol. The molecule has 242 valence electrons. The van der Waals surface area contributed by atoms with E-state index in [2.05, 4.69) is 156 Å². The van der Waals surface area contributed by atoms with Gasteiger partial charge in [-0.05, 0) is 114 Å². The molecule has 48 heavy (non-hydrogen) atoms. The second-order valence-electron chi connectivity index (χ2n) is 14.7. The molecule has 0 aliphatic heterocycles. The van der Waals surface area contributed by atoms with E-state index < -0.39 is 0 Å². The van der Waals surface area contributed by atoms with Crippen LogP contribution in [-0.4, -0.2) is 0 Å². The third-order valence-corrected chi connectivity index (χ3v) is 11.2. The predicted molar refractivity (Wildman–Crippen MR) is 209 cm³/mol. The van der Waals surface area contributed by atoms with Gasteiger partial charge in [0.1, 0.15) is 0 Å². The van der Waals surface area contributed by atoms with Gasteiger partial charge in [-0.1, -0.05) is 142 Å². The lowest BCUT2D eigenvalue weighted by atomic mass is 9.79. The Balaban J connectivity index is 0.000000880. The predicted octanol–water partition coefficient (Wildman–Crippen LogP) is 13.6. The molecule has 0 saturated heterocycles. The summed E-state index contributed by atoms with van der Waals surface area (Å²) >= 11 is 0. The number of hydrogen-bond donors (Lipinski definition) is 1. The Labute approximate surface area is 288 Å². The quantitative estimate of drug-likeness (QED) is 0.201. The third-order valence-electron chi connectivity index (χ3n) is 11.2. The van der Waals surface area contributed by atoms with E-state index in [0.29, 0.717) is 0 Å². The van der Waals surface area contributed by atoms with E-state index in [-0.39, 0.29) is 16.2 Å². The van der Waals surface area contributed by atoms with E-state index >= 15 is 0 Å². The maximum absolute atomic E-state index is 3.78. The molecule has 9 rings (SSSR count).